The third-order valence-corrected chi connectivity index (χ3v) is 4.25. The van der Waals surface area contributed by atoms with Crippen LogP contribution in [0.4, 0.5) is 0 Å². The highest BCUT2D eigenvalue weighted by molar-refractivity contribution is 5.94. The molecule has 1 saturated heterocycles. The van der Waals surface area contributed by atoms with E-state index in [0.29, 0.717) is 18.0 Å². The van der Waals surface area contributed by atoms with Gasteiger partial charge < -0.3 is 16.4 Å². The predicted octanol–water partition coefficient (Wildman–Crippen LogP) is 1.38. The zero-order valence-electron chi connectivity index (χ0n) is 12.9. The van der Waals surface area contributed by atoms with Crippen molar-refractivity contribution in [3.8, 4) is 0 Å². The van der Waals surface area contributed by atoms with Gasteiger partial charge in [-0.1, -0.05) is 19.1 Å². The molecule has 0 saturated carbocycles. The van der Waals surface area contributed by atoms with Gasteiger partial charge in [-0.3, -0.25) is 9.59 Å². The summed E-state index contributed by atoms with van der Waals surface area (Å²) in [7, 11) is 0. The van der Waals surface area contributed by atoms with Crippen molar-refractivity contribution in [2.75, 3.05) is 13.1 Å². The van der Waals surface area contributed by atoms with Crippen molar-refractivity contribution in [3.05, 3.63) is 41.5 Å². The van der Waals surface area contributed by atoms with Gasteiger partial charge in [0.15, 0.2) is 0 Å². The van der Waals surface area contributed by atoms with Gasteiger partial charge in [0.1, 0.15) is 0 Å². The lowest BCUT2D eigenvalue weighted by atomic mass is 9.90. The van der Waals surface area contributed by atoms with Gasteiger partial charge in [0.2, 0.25) is 11.8 Å². The zero-order valence-corrected chi connectivity index (χ0v) is 12.9. The van der Waals surface area contributed by atoms with Crippen LogP contribution in [0.15, 0.2) is 30.3 Å². The molecule has 5 heteroatoms. The maximum absolute atomic E-state index is 12.4. The number of nitrogens with zero attached hydrogens (tertiary/aromatic N) is 1. The lowest BCUT2D eigenvalue weighted by molar-refractivity contribution is -0.130. The third kappa shape index (κ3) is 3.74. The number of likely N-dealkylation sites (tertiary alicyclic amines) is 1. The summed E-state index contributed by atoms with van der Waals surface area (Å²) in [4.78, 5) is 25.3. The van der Waals surface area contributed by atoms with Gasteiger partial charge in [-0.2, -0.15) is 0 Å². The van der Waals surface area contributed by atoms with Gasteiger partial charge >= 0.3 is 0 Å². The van der Waals surface area contributed by atoms with E-state index in [2.05, 4.69) is 6.92 Å². The number of nitrogens with two attached hydrogens (primary N) is 2. The van der Waals surface area contributed by atoms with Crippen LogP contribution in [0.1, 0.15) is 35.7 Å². The first kappa shape index (κ1) is 16.2. The van der Waals surface area contributed by atoms with Crippen molar-refractivity contribution in [2.45, 2.75) is 25.8 Å². The van der Waals surface area contributed by atoms with E-state index in [1.807, 2.05) is 4.90 Å². The Morgan fingerprint density at radius 2 is 2.00 bits per heavy atom. The molecule has 22 heavy (non-hydrogen) atoms. The number of carbonyl (C=O) groups is 2. The van der Waals surface area contributed by atoms with E-state index in [-0.39, 0.29) is 11.9 Å². The molecular weight excluding hydrogens is 278 g/mol. The van der Waals surface area contributed by atoms with Gasteiger partial charge in [0.25, 0.3) is 0 Å². The number of carbonyl (C=O) groups excluding carboxylic acids is 2. The van der Waals surface area contributed by atoms with E-state index in [1.54, 1.807) is 36.4 Å². The molecule has 4 N–H and O–H groups in total. The fourth-order valence-corrected chi connectivity index (χ4v) is 2.90. The second-order valence-corrected chi connectivity index (χ2v) is 5.77. The van der Waals surface area contributed by atoms with Crippen molar-refractivity contribution in [2.24, 2.45) is 17.4 Å². The molecule has 0 aliphatic carbocycles. The highest BCUT2D eigenvalue weighted by atomic mass is 16.2. The van der Waals surface area contributed by atoms with Gasteiger partial charge in [0, 0.05) is 30.8 Å². The van der Waals surface area contributed by atoms with Crippen LogP contribution >= 0.6 is 0 Å². The fourth-order valence-electron chi connectivity index (χ4n) is 2.90. The molecule has 1 aromatic rings. The van der Waals surface area contributed by atoms with Crippen LogP contribution in [-0.4, -0.2) is 35.8 Å². The van der Waals surface area contributed by atoms with E-state index in [4.69, 9.17) is 11.5 Å². The topological polar surface area (TPSA) is 89.4 Å². The summed E-state index contributed by atoms with van der Waals surface area (Å²) < 4.78 is 0. The minimum atomic E-state index is -0.459. The van der Waals surface area contributed by atoms with Crippen molar-refractivity contribution >= 4 is 17.9 Å². The Bertz CT molecular complexity index is 566. The minimum Gasteiger partial charge on any atom is -0.366 e. The first-order chi connectivity index (χ1) is 10.5. The summed E-state index contributed by atoms with van der Waals surface area (Å²) in [5.74, 6) is -0.0355. The summed E-state index contributed by atoms with van der Waals surface area (Å²) in [6.07, 6.45) is 5.45. The summed E-state index contributed by atoms with van der Waals surface area (Å²) in [6.45, 7) is 3.40. The van der Waals surface area contributed by atoms with Crippen LogP contribution in [0.3, 0.4) is 0 Å². The van der Waals surface area contributed by atoms with Crippen LogP contribution in [0.25, 0.3) is 6.08 Å². The van der Waals surface area contributed by atoms with Gasteiger partial charge in [-0.15, -0.1) is 0 Å². The molecule has 0 radical (unpaired) electrons. The molecule has 2 unspecified atom stereocenters. The monoisotopic (exact) mass is 301 g/mol. The standard InChI is InChI=1S/C17H23N3O2/c1-12-3-2-10-20(15(12)11-18)16(21)9-6-13-4-7-14(8-5-13)17(19)22/h4-9,12,15H,2-3,10-11,18H2,1H3,(H2,19,22). The maximum Gasteiger partial charge on any atom is 0.248 e. The van der Waals surface area contributed by atoms with Crippen molar-refractivity contribution in [3.63, 3.8) is 0 Å². The van der Waals surface area contributed by atoms with Crippen molar-refractivity contribution < 1.29 is 9.59 Å². The molecule has 1 aliphatic rings. The normalized spacial score (nSPS) is 22.0. The Hall–Kier alpha value is -2.14. The molecular formula is C17H23N3O2. The van der Waals surface area contributed by atoms with Crippen LogP contribution in [0.5, 0.6) is 0 Å². The predicted molar refractivity (Wildman–Crippen MR) is 86.9 cm³/mol. The molecule has 118 valence electrons. The van der Waals surface area contributed by atoms with Gasteiger partial charge in [0.05, 0.1) is 0 Å². The molecule has 0 aromatic heterocycles. The maximum atomic E-state index is 12.4. The molecule has 1 aromatic carbocycles. The zero-order chi connectivity index (χ0) is 16.1. The number of primary amides is 1. The first-order valence-electron chi connectivity index (χ1n) is 7.61. The number of rotatable bonds is 4. The van der Waals surface area contributed by atoms with Crippen LogP contribution in [0.2, 0.25) is 0 Å². The first-order valence-corrected chi connectivity index (χ1v) is 7.61. The summed E-state index contributed by atoms with van der Waals surface area (Å²) in [6, 6.07) is 6.95. The Morgan fingerprint density at radius 3 is 2.59 bits per heavy atom. The average Bonchev–Trinajstić information content (AvgIpc) is 2.52. The van der Waals surface area contributed by atoms with E-state index in [9.17, 15) is 9.59 Å². The van der Waals surface area contributed by atoms with Crippen molar-refractivity contribution in [1.82, 2.24) is 4.90 Å². The van der Waals surface area contributed by atoms with E-state index in [0.717, 1.165) is 24.9 Å². The Morgan fingerprint density at radius 1 is 1.32 bits per heavy atom. The van der Waals surface area contributed by atoms with Gasteiger partial charge in [-0.05, 0) is 42.5 Å². The van der Waals surface area contributed by atoms with Gasteiger partial charge in [-0.25, -0.2) is 0 Å². The number of hydrogen-bond acceptors (Lipinski definition) is 3. The van der Waals surface area contributed by atoms with Crippen molar-refractivity contribution in [1.29, 1.82) is 0 Å². The van der Waals surface area contributed by atoms with E-state index >= 15 is 0 Å². The molecule has 0 spiro atoms. The number of piperidine rings is 1. The largest absolute Gasteiger partial charge is 0.366 e. The smallest absolute Gasteiger partial charge is 0.248 e. The molecule has 2 atom stereocenters. The Balaban J connectivity index is 2.05. The SMILES string of the molecule is CC1CCCN(C(=O)C=Cc2ccc(C(N)=O)cc2)C1CN. The molecule has 2 amide bonds. The molecule has 0 bridgehead atoms. The van der Waals surface area contributed by atoms with E-state index in [1.165, 1.54) is 0 Å². The molecule has 1 heterocycles. The Labute approximate surface area is 131 Å². The average molecular weight is 301 g/mol. The second-order valence-electron chi connectivity index (χ2n) is 5.77. The minimum absolute atomic E-state index is 0.0130. The second kappa shape index (κ2) is 7.22. The van der Waals surface area contributed by atoms with Crippen LogP contribution in [0, 0.1) is 5.92 Å². The fraction of sp³-hybridized carbons (Fsp3) is 0.412. The summed E-state index contributed by atoms with van der Waals surface area (Å²) >= 11 is 0. The quantitative estimate of drug-likeness (QED) is 0.823. The highest BCUT2D eigenvalue weighted by Gasteiger charge is 2.29. The highest BCUT2D eigenvalue weighted by Crippen LogP contribution is 2.23. The van der Waals surface area contributed by atoms with Crippen LogP contribution < -0.4 is 11.5 Å². The molecule has 5 nitrogen and oxygen atoms in total. The summed E-state index contributed by atoms with van der Waals surface area (Å²) in [5, 5.41) is 0. The van der Waals surface area contributed by atoms with E-state index < -0.39 is 5.91 Å². The Kier molecular flexibility index (Phi) is 5.33. The lowest BCUT2D eigenvalue weighted by Gasteiger charge is -2.38. The lowest BCUT2D eigenvalue weighted by Crippen LogP contribution is -2.50. The third-order valence-electron chi connectivity index (χ3n) is 4.25. The van der Waals surface area contributed by atoms with Crippen LogP contribution in [-0.2, 0) is 4.79 Å². The number of benzene rings is 1. The molecule has 2 rings (SSSR count). The molecule has 1 aliphatic heterocycles. The summed E-state index contributed by atoms with van der Waals surface area (Å²) in [5.41, 5.74) is 12.3. The number of amides is 2. The number of hydrogen-bond donors (Lipinski definition) is 2. The molecule has 1 fully saturated rings.